The summed E-state index contributed by atoms with van der Waals surface area (Å²) in [6, 6.07) is 8.45. The predicted octanol–water partition coefficient (Wildman–Crippen LogP) is 2.79. The van der Waals surface area contributed by atoms with E-state index in [1.807, 2.05) is 18.2 Å². The van der Waals surface area contributed by atoms with Crippen LogP contribution in [0.1, 0.15) is 31.3 Å². The molecule has 0 saturated heterocycles. The van der Waals surface area contributed by atoms with Gasteiger partial charge in [0.25, 0.3) is 0 Å². The van der Waals surface area contributed by atoms with Gasteiger partial charge in [-0.15, -0.1) is 10.2 Å². The predicted molar refractivity (Wildman–Crippen MR) is 70.8 cm³/mol. The van der Waals surface area contributed by atoms with Crippen molar-refractivity contribution < 1.29 is 4.74 Å². The van der Waals surface area contributed by atoms with E-state index in [9.17, 15) is 0 Å². The Morgan fingerprint density at radius 1 is 1.33 bits per heavy atom. The number of hydrogen-bond acceptors (Lipinski definition) is 3. The summed E-state index contributed by atoms with van der Waals surface area (Å²) in [6.45, 7) is 6.92. The normalized spacial score (nSPS) is 10.9. The van der Waals surface area contributed by atoms with Gasteiger partial charge in [-0.25, -0.2) is 0 Å². The third-order valence-electron chi connectivity index (χ3n) is 2.79. The lowest BCUT2D eigenvalue weighted by Gasteiger charge is -2.10. The zero-order valence-electron chi connectivity index (χ0n) is 11.1. The molecule has 4 heteroatoms. The van der Waals surface area contributed by atoms with Gasteiger partial charge in [-0.2, -0.15) is 0 Å². The number of nitrogens with zero attached hydrogens (tertiary/aromatic N) is 3. The van der Waals surface area contributed by atoms with Gasteiger partial charge >= 0.3 is 0 Å². The van der Waals surface area contributed by atoms with Crippen LogP contribution in [-0.4, -0.2) is 21.4 Å². The topological polar surface area (TPSA) is 39.9 Å². The third-order valence-corrected chi connectivity index (χ3v) is 2.79. The molecule has 2 aromatic rings. The summed E-state index contributed by atoms with van der Waals surface area (Å²) < 4.78 is 7.78. The van der Waals surface area contributed by atoms with Gasteiger partial charge in [0.2, 0.25) is 0 Å². The largest absolute Gasteiger partial charge is 0.493 e. The van der Waals surface area contributed by atoms with Gasteiger partial charge in [0.05, 0.1) is 6.61 Å². The van der Waals surface area contributed by atoms with Crippen LogP contribution in [-0.2, 0) is 6.42 Å². The van der Waals surface area contributed by atoms with Gasteiger partial charge in [-0.05, 0) is 38.5 Å². The molecule has 4 nitrogen and oxygen atoms in total. The molecule has 0 radical (unpaired) electrons. The smallest absolute Gasteiger partial charge is 0.136 e. The molecule has 18 heavy (non-hydrogen) atoms. The second-order valence-corrected chi connectivity index (χ2v) is 4.66. The number of rotatable bonds is 5. The number of ether oxygens (including phenoxy) is 1. The monoisotopic (exact) mass is 245 g/mol. The van der Waals surface area contributed by atoms with Gasteiger partial charge in [-0.3, -0.25) is 0 Å². The fourth-order valence-electron chi connectivity index (χ4n) is 1.84. The summed E-state index contributed by atoms with van der Waals surface area (Å²) in [5.74, 6) is 1.88. The van der Waals surface area contributed by atoms with Crippen molar-refractivity contribution in [2.24, 2.45) is 0 Å². The molecule has 1 heterocycles. The molecular weight excluding hydrogens is 226 g/mol. The quantitative estimate of drug-likeness (QED) is 0.813. The van der Waals surface area contributed by atoms with E-state index in [1.54, 1.807) is 6.33 Å². The van der Waals surface area contributed by atoms with Crippen molar-refractivity contribution in [3.8, 4) is 5.75 Å². The first-order chi connectivity index (χ1) is 8.66. The van der Waals surface area contributed by atoms with E-state index >= 15 is 0 Å². The van der Waals surface area contributed by atoms with Crippen molar-refractivity contribution in [1.29, 1.82) is 0 Å². The highest BCUT2D eigenvalue weighted by molar-refractivity contribution is 5.27. The Bertz CT molecular complexity index is 505. The molecule has 1 aromatic carbocycles. The van der Waals surface area contributed by atoms with Gasteiger partial charge in [0.15, 0.2) is 0 Å². The minimum absolute atomic E-state index is 0.383. The summed E-state index contributed by atoms with van der Waals surface area (Å²) >= 11 is 0. The van der Waals surface area contributed by atoms with E-state index in [2.05, 4.69) is 41.6 Å². The summed E-state index contributed by atoms with van der Waals surface area (Å²) in [5.41, 5.74) is 1.21. The van der Waals surface area contributed by atoms with Crippen LogP contribution < -0.4 is 4.74 Å². The van der Waals surface area contributed by atoms with Gasteiger partial charge in [-0.1, -0.05) is 12.1 Å². The molecule has 0 spiro atoms. The van der Waals surface area contributed by atoms with Crippen LogP contribution in [0.15, 0.2) is 30.6 Å². The van der Waals surface area contributed by atoms with Gasteiger partial charge in [0, 0.05) is 12.5 Å². The van der Waals surface area contributed by atoms with Crippen molar-refractivity contribution in [3.63, 3.8) is 0 Å². The van der Waals surface area contributed by atoms with E-state index in [0.717, 1.165) is 18.0 Å². The summed E-state index contributed by atoms with van der Waals surface area (Å²) in [7, 11) is 0. The Labute approximate surface area is 108 Å². The molecule has 96 valence electrons. The first-order valence-electron chi connectivity index (χ1n) is 6.24. The first kappa shape index (κ1) is 12.6. The lowest BCUT2D eigenvalue weighted by Crippen LogP contribution is -2.10. The maximum absolute atomic E-state index is 5.71. The average Bonchev–Trinajstić information content (AvgIpc) is 2.77. The molecule has 0 N–H and O–H groups in total. The Kier molecular flexibility index (Phi) is 3.97. The lowest BCUT2D eigenvalue weighted by atomic mass is 10.2. The summed E-state index contributed by atoms with van der Waals surface area (Å²) in [6.07, 6.45) is 2.54. The molecule has 1 aromatic heterocycles. The molecule has 2 rings (SSSR count). The van der Waals surface area contributed by atoms with E-state index in [4.69, 9.17) is 4.74 Å². The minimum atomic E-state index is 0.383. The highest BCUT2D eigenvalue weighted by Gasteiger charge is 2.07. The minimum Gasteiger partial charge on any atom is -0.493 e. The third kappa shape index (κ3) is 3.09. The van der Waals surface area contributed by atoms with Crippen LogP contribution in [0.5, 0.6) is 5.75 Å². The average molecular weight is 245 g/mol. The molecule has 0 aliphatic rings. The Hall–Kier alpha value is -1.84. The van der Waals surface area contributed by atoms with Crippen LogP contribution in [0, 0.1) is 6.92 Å². The van der Waals surface area contributed by atoms with Crippen LogP contribution in [0.4, 0.5) is 0 Å². The second-order valence-electron chi connectivity index (χ2n) is 4.66. The van der Waals surface area contributed by atoms with Crippen LogP contribution in [0.3, 0.4) is 0 Å². The molecule has 0 atom stereocenters. The maximum Gasteiger partial charge on any atom is 0.136 e. The zero-order chi connectivity index (χ0) is 13.0. The second kappa shape index (κ2) is 5.67. The lowest BCUT2D eigenvalue weighted by molar-refractivity contribution is 0.315. The standard InChI is InChI=1S/C14H19N3O/c1-11(2)17-10-15-16-14(17)7-8-18-13-6-4-5-12(3)9-13/h4-6,9-11H,7-8H2,1-3H3. The van der Waals surface area contributed by atoms with Crippen LogP contribution in [0.25, 0.3) is 0 Å². The molecule has 0 saturated carbocycles. The van der Waals surface area contributed by atoms with Crippen molar-refractivity contribution in [1.82, 2.24) is 14.8 Å². The molecule has 0 fully saturated rings. The van der Waals surface area contributed by atoms with E-state index in [0.29, 0.717) is 12.6 Å². The van der Waals surface area contributed by atoms with E-state index in [1.165, 1.54) is 5.56 Å². The molecule has 0 bridgehead atoms. The van der Waals surface area contributed by atoms with Crippen LogP contribution >= 0.6 is 0 Å². The maximum atomic E-state index is 5.71. The number of hydrogen-bond donors (Lipinski definition) is 0. The number of benzene rings is 1. The fourth-order valence-corrected chi connectivity index (χ4v) is 1.84. The van der Waals surface area contributed by atoms with Gasteiger partial charge in [0.1, 0.15) is 17.9 Å². The van der Waals surface area contributed by atoms with Crippen molar-refractivity contribution in [2.75, 3.05) is 6.61 Å². The van der Waals surface area contributed by atoms with Gasteiger partial charge < -0.3 is 9.30 Å². The van der Waals surface area contributed by atoms with E-state index < -0.39 is 0 Å². The first-order valence-corrected chi connectivity index (χ1v) is 6.24. The fraction of sp³-hybridized carbons (Fsp3) is 0.429. The number of aromatic nitrogens is 3. The molecular formula is C14H19N3O. The number of aryl methyl sites for hydroxylation is 1. The summed E-state index contributed by atoms with van der Waals surface area (Å²) in [4.78, 5) is 0. The molecule has 0 unspecified atom stereocenters. The van der Waals surface area contributed by atoms with Crippen molar-refractivity contribution >= 4 is 0 Å². The SMILES string of the molecule is Cc1cccc(OCCc2nncn2C(C)C)c1. The molecule has 0 aliphatic heterocycles. The molecule has 0 amide bonds. The van der Waals surface area contributed by atoms with Crippen molar-refractivity contribution in [3.05, 3.63) is 42.0 Å². The molecule has 0 aliphatic carbocycles. The van der Waals surface area contributed by atoms with Crippen LogP contribution in [0.2, 0.25) is 0 Å². The highest BCUT2D eigenvalue weighted by atomic mass is 16.5. The van der Waals surface area contributed by atoms with E-state index in [-0.39, 0.29) is 0 Å². The highest BCUT2D eigenvalue weighted by Crippen LogP contribution is 2.13. The summed E-state index contributed by atoms with van der Waals surface area (Å²) in [5, 5.41) is 8.06. The Morgan fingerprint density at radius 2 is 2.17 bits per heavy atom. The van der Waals surface area contributed by atoms with Crippen molar-refractivity contribution in [2.45, 2.75) is 33.2 Å². The Morgan fingerprint density at radius 3 is 2.89 bits per heavy atom. The zero-order valence-corrected chi connectivity index (χ0v) is 11.1. The Balaban J connectivity index is 1.90.